The first-order valence-electron chi connectivity index (χ1n) is 18.6. The molecule has 5 aromatic carbocycles. The van der Waals surface area contributed by atoms with Gasteiger partial charge in [0, 0.05) is 6.07 Å². The summed E-state index contributed by atoms with van der Waals surface area (Å²) in [7, 11) is 0. The van der Waals surface area contributed by atoms with Crippen molar-refractivity contribution in [2.45, 2.75) is 63.3 Å². The fourth-order valence-corrected chi connectivity index (χ4v) is 6.36. The van der Waals surface area contributed by atoms with Gasteiger partial charge in [0.05, 0.1) is 12.0 Å². The van der Waals surface area contributed by atoms with E-state index < -0.39 is 36.3 Å². The van der Waals surface area contributed by atoms with Gasteiger partial charge >= 0.3 is 5.63 Å². The van der Waals surface area contributed by atoms with Gasteiger partial charge in [-0.15, -0.1) is 0 Å². The van der Waals surface area contributed by atoms with Crippen LogP contribution < -0.4 is 34.0 Å². The number of hydrogen-bond donors (Lipinski definition) is 1. The molecule has 0 spiro atoms. The van der Waals surface area contributed by atoms with Crippen molar-refractivity contribution in [1.82, 2.24) is 0 Å². The molecular weight excluding hydrogens is 700 g/mol. The second kappa shape index (κ2) is 18.3. The quantitative estimate of drug-likeness (QED) is 0.0717. The van der Waals surface area contributed by atoms with Crippen LogP contribution >= 0.6 is 0 Å². The molecule has 0 bridgehead atoms. The van der Waals surface area contributed by atoms with E-state index in [0.29, 0.717) is 40.7 Å². The van der Waals surface area contributed by atoms with E-state index in [0.717, 1.165) is 25.7 Å². The first kappa shape index (κ1) is 37.2. The number of fused-ring (bicyclic) bond motifs is 1. The molecule has 10 nitrogen and oxygen atoms in total. The van der Waals surface area contributed by atoms with Crippen LogP contribution in [0.25, 0.3) is 11.0 Å². The fourth-order valence-electron chi connectivity index (χ4n) is 6.36. The standard InChI is InChI=1S/C45H44O10/c1-2-3-4-17-28-48-41-39(46)36-27-26-35(29-37(36)54-44(41)47)53-45-43(52-34-24-15-8-16-25-34)42(51-33-22-13-7-14-23-33)40(50-32-20-11-6-12-21-32)38(55-45)30-49-31-18-9-5-10-19-31/h5-16,18-27,29,38,40,42-43,45-46H,2-4,17,28,30H2,1H3/t38-,40-,42+,43+,45+/m1/s1. The Kier molecular flexibility index (Phi) is 12.4. The van der Waals surface area contributed by atoms with E-state index in [9.17, 15) is 9.90 Å². The van der Waals surface area contributed by atoms with Crippen LogP contribution in [0.4, 0.5) is 0 Å². The minimum atomic E-state index is -1.10. The van der Waals surface area contributed by atoms with Crippen LogP contribution in [0.3, 0.4) is 0 Å². The maximum absolute atomic E-state index is 13.0. The highest BCUT2D eigenvalue weighted by Crippen LogP contribution is 2.37. The first-order chi connectivity index (χ1) is 27.1. The van der Waals surface area contributed by atoms with Crippen LogP contribution in [0.1, 0.15) is 32.6 Å². The van der Waals surface area contributed by atoms with Crippen LogP contribution in [-0.4, -0.2) is 49.0 Å². The Labute approximate surface area is 319 Å². The third-order valence-electron chi connectivity index (χ3n) is 9.10. The molecule has 0 amide bonds. The molecule has 1 aromatic heterocycles. The summed E-state index contributed by atoms with van der Waals surface area (Å²) in [4.78, 5) is 13.0. The number of rotatable bonds is 17. The molecule has 1 aliphatic rings. The van der Waals surface area contributed by atoms with Gasteiger partial charge in [0.1, 0.15) is 47.0 Å². The third kappa shape index (κ3) is 9.52. The van der Waals surface area contributed by atoms with Gasteiger partial charge in [0.2, 0.25) is 18.1 Å². The average molecular weight is 745 g/mol. The molecule has 6 aromatic rings. The highest BCUT2D eigenvalue weighted by atomic mass is 16.7. The van der Waals surface area contributed by atoms with Crippen LogP contribution in [0, 0.1) is 0 Å². The Morgan fingerprint density at radius 2 is 1.15 bits per heavy atom. The van der Waals surface area contributed by atoms with E-state index in [-0.39, 0.29) is 23.7 Å². The number of benzene rings is 5. The van der Waals surface area contributed by atoms with Gasteiger partial charge in [-0.25, -0.2) is 4.79 Å². The van der Waals surface area contributed by atoms with Gasteiger partial charge in [-0.2, -0.15) is 0 Å². The molecule has 0 unspecified atom stereocenters. The summed E-state index contributed by atoms with van der Waals surface area (Å²) in [6.45, 7) is 2.49. The van der Waals surface area contributed by atoms with Gasteiger partial charge in [-0.05, 0) is 67.1 Å². The molecule has 1 fully saturated rings. The second-order valence-electron chi connectivity index (χ2n) is 13.1. The second-order valence-corrected chi connectivity index (χ2v) is 13.1. The van der Waals surface area contributed by atoms with Gasteiger partial charge in [-0.1, -0.05) is 99.0 Å². The largest absolute Gasteiger partial charge is 0.504 e. The SMILES string of the molecule is CCCCCCOc1c(O)c2ccc(O[C@H]3O[C@H](COc4ccccc4)[C@@H](Oc4ccccc4)[C@H](Oc4ccccc4)[C@@H]3Oc3ccccc3)cc2oc1=O. The minimum Gasteiger partial charge on any atom is -0.504 e. The molecule has 0 aliphatic carbocycles. The third-order valence-corrected chi connectivity index (χ3v) is 9.10. The summed E-state index contributed by atoms with van der Waals surface area (Å²) in [5.41, 5.74) is -0.673. The molecule has 7 rings (SSSR count). The highest BCUT2D eigenvalue weighted by Gasteiger charge is 2.52. The maximum Gasteiger partial charge on any atom is 0.383 e. The predicted molar refractivity (Wildman–Crippen MR) is 208 cm³/mol. The number of hydrogen-bond acceptors (Lipinski definition) is 10. The molecule has 55 heavy (non-hydrogen) atoms. The van der Waals surface area contributed by atoms with Crippen molar-refractivity contribution < 1.29 is 42.7 Å². The van der Waals surface area contributed by atoms with E-state index >= 15 is 0 Å². The molecule has 5 atom stereocenters. The van der Waals surface area contributed by atoms with Crippen LogP contribution in [0.5, 0.6) is 40.2 Å². The predicted octanol–water partition coefficient (Wildman–Crippen LogP) is 8.98. The van der Waals surface area contributed by atoms with Crippen molar-refractivity contribution in [3.63, 3.8) is 0 Å². The molecule has 0 saturated carbocycles. The average Bonchev–Trinajstić information content (AvgIpc) is 3.22. The van der Waals surface area contributed by atoms with Gasteiger partial charge in [0.15, 0.2) is 18.0 Å². The molecule has 0 radical (unpaired) electrons. The normalized spacial score (nSPS) is 19.3. The smallest absolute Gasteiger partial charge is 0.383 e. The maximum atomic E-state index is 13.0. The fraction of sp³-hybridized carbons (Fsp3) is 0.267. The Balaban J connectivity index is 1.25. The van der Waals surface area contributed by atoms with Crippen LogP contribution in [0.15, 0.2) is 149 Å². The van der Waals surface area contributed by atoms with Crippen molar-refractivity contribution in [3.8, 4) is 40.2 Å². The zero-order valence-electron chi connectivity index (χ0n) is 30.5. The van der Waals surface area contributed by atoms with Crippen molar-refractivity contribution >= 4 is 11.0 Å². The van der Waals surface area contributed by atoms with E-state index in [1.54, 1.807) is 12.1 Å². The summed E-state index contributed by atoms with van der Waals surface area (Å²) in [6.07, 6.45) is -0.469. The van der Waals surface area contributed by atoms with Gasteiger partial charge in [-0.3, -0.25) is 0 Å². The lowest BCUT2D eigenvalue weighted by Crippen LogP contribution is -2.66. The summed E-state index contributed by atoms with van der Waals surface area (Å²) in [5.74, 6) is 2.19. The Morgan fingerprint density at radius 3 is 1.75 bits per heavy atom. The number of aromatic hydroxyl groups is 1. The number of ether oxygens (including phenoxy) is 7. The Hall–Kier alpha value is -6.13. The van der Waals surface area contributed by atoms with Gasteiger partial charge in [0.25, 0.3) is 0 Å². The van der Waals surface area contributed by atoms with Crippen molar-refractivity contribution in [3.05, 3.63) is 150 Å². The summed E-state index contributed by atoms with van der Waals surface area (Å²) in [6, 6.07) is 42.4. The Morgan fingerprint density at radius 1 is 0.582 bits per heavy atom. The van der Waals surface area contributed by atoms with Crippen molar-refractivity contribution in [2.24, 2.45) is 0 Å². The first-order valence-corrected chi connectivity index (χ1v) is 18.6. The van der Waals surface area contributed by atoms with E-state index in [4.69, 9.17) is 37.6 Å². The van der Waals surface area contributed by atoms with E-state index in [2.05, 4.69) is 6.92 Å². The monoisotopic (exact) mass is 744 g/mol. The summed E-state index contributed by atoms with van der Waals surface area (Å²) >= 11 is 0. The molecule has 2 heterocycles. The Bertz CT molecular complexity index is 2130. The zero-order valence-corrected chi connectivity index (χ0v) is 30.5. The lowest BCUT2D eigenvalue weighted by molar-refractivity contribution is -0.260. The van der Waals surface area contributed by atoms with Crippen LogP contribution in [0.2, 0.25) is 0 Å². The van der Waals surface area contributed by atoms with Crippen LogP contribution in [-0.2, 0) is 4.74 Å². The lowest BCUT2D eigenvalue weighted by atomic mass is 9.97. The summed E-state index contributed by atoms with van der Waals surface area (Å²) in [5, 5.41) is 11.3. The number of para-hydroxylation sites is 4. The van der Waals surface area contributed by atoms with Crippen molar-refractivity contribution in [2.75, 3.05) is 13.2 Å². The molecule has 10 heteroatoms. The molecule has 1 aliphatic heterocycles. The van der Waals surface area contributed by atoms with E-state index in [1.807, 2.05) is 121 Å². The van der Waals surface area contributed by atoms with E-state index in [1.165, 1.54) is 6.07 Å². The minimum absolute atomic E-state index is 0.0791. The molecule has 1 saturated heterocycles. The molecule has 284 valence electrons. The molecular formula is C45H44O10. The number of unbranched alkanes of at least 4 members (excludes halogenated alkanes) is 3. The van der Waals surface area contributed by atoms with Crippen molar-refractivity contribution in [1.29, 1.82) is 0 Å². The molecule has 1 N–H and O–H groups in total. The summed E-state index contributed by atoms with van der Waals surface area (Å²) < 4.78 is 51.1. The van der Waals surface area contributed by atoms with Gasteiger partial charge < -0.3 is 42.7 Å². The zero-order chi connectivity index (χ0) is 37.8. The topological polar surface area (TPSA) is 115 Å². The lowest BCUT2D eigenvalue weighted by Gasteiger charge is -2.45. The highest BCUT2D eigenvalue weighted by molar-refractivity contribution is 5.86.